The van der Waals surface area contributed by atoms with Crippen LogP contribution >= 0.6 is 9.24 Å². The van der Waals surface area contributed by atoms with Crippen LogP contribution in [0.5, 0.6) is 0 Å². The molecule has 1 aliphatic carbocycles. The van der Waals surface area contributed by atoms with E-state index < -0.39 is 0 Å². The molecule has 1 aliphatic rings. The van der Waals surface area contributed by atoms with Gasteiger partial charge in [0.25, 0.3) is 0 Å². The zero-order valence-electron chi connectivity index (χ0n) is 29.5. The molecule has 0 amide bonds. The quantitative estimate of drug-likeness (QED) is 0.132. The first kappa shape index (κ1) is 36.3. The summed E-state index contributed by atoms with van der Waals surface area (Å²) in [6.07, 6.45) is 28.5. The van der Waals surface area contributed by atoms with Gasteiger partial charge in [0, 0.05) is 5.16 Å². The van der Waals surface area contributed by atoms with Crippen molar-refractivity contribution in [3.05, 3.63) is 68.8 Å². The van der Waals surface area contributed by atoms with Gasteiger partial charge in [-0.15, -0.1) is 9.24 Å². The van der Waals surface area contributed by atoms with Crippen molar-refractivity contribution >= 4 is 9.24 Å². The molecule has 0 heterocycles. The number of aryl methyl sites for hydroxylation is 2. The van der Waals surface area contributed by atoms with Crippen LogP contribution in [0, 0.1) is 0 Å². The van der Waals surface area contributed by atoms with Gasteiger partial charge in [-0.05, 0) is 140 Å². The van der Waals surface area contributed by atoms with E-state index in [0.29, 0.717) is 5.92 Å². The lowest BCUT2D eigenvalue weighted by Gasteiger charge is -2.45. The maximum atomic E-state index is 3.58. The van der Waals surface area contributed by atoms with E-state index in [2.05, 4.69) is 75.0 Å². The second-order valence-corrected chi connectivity index (χ2v) is 15.0. The van der Waals surface area contributed by atoms with Gasteiger partial charge in [0.15, 0.2) is 0 Å². The minimum Gasteiger partial charge on any atom is -0.126 e. The maximum Gasteiger partial charge on any atom is 0.0169 e. The van der Waals surface area contributed by atoms with E-state index in [4.69, 9.17) is 0 Å². The highest BCUT2D eigenvalue weighted by Gasteiger charge is 2.42. The molecule has 0 nitrogen and oxygen atoms in total. The van der Waals surface area contributed by atoms with Crippen molar-refractivity contribution in [2.24, 2.45) is 0 Å². The predicted octanol–water partition coefficient (Wildman–Crippen LogP) is 13.2. The van der Waals surface area contributed by atoms with Gasteiger partial charge < -0.3 is 0 Å². The number of benzene rings is 2. The fourth-order valence-electron chi connectivity index (χ4n) is 8.04. The molecule has 0 saturated heterocycles. The van der Waals surface area contributed by atoms with Crippen molar-refractivity contribution in [2.75, 3.05) is 0 Å². The van der Waals surface area contributed by atoms with Crippen LogP contribution < -0.4 is 0 Å². The third-order valence-corrected chi connectivity index (χ3v) is 11.6. The van der Waals surface area contributed by atoms with Crippen molar-refractivity contribution < 1.29 is 0 Å². The van der Waals surface area contributed by atoms with Crippen LogP contribution in [0.4, 0.5) is 0 Å². The molecule has 2 aromatic rings. The molecule has 0 spiro atoms. The highest BCUT2D eigenvalue weighted by Crippen LogP contribution is 2.56. The van der Waals surface area contributed by atoms with Crippen molar-refractivity contribution in [3.63, 3.8) is 0 Å². The molecular formula is C42H69P. The summed E-state index contributed by atoms with van der Waals surface area (Å²) in [5, 5.41) is 0.138. The number of hydrogen-bond acceptors (Lipinski definition) is 0. The summed E-state index contributed by atoms with van der Waals surface area (Å²) < 4.78 is 0. The first-order valence-corrected chi connectivity index (χ1v) is 19.6. The third-order valence-electron chi connectivity index (χ3n) is 10.6. The summed E-state index contributed by atoms with van der Waals surface area (Å²) in [6.45, 7) is 14.2. The Kier molecular flexibility index (Phi) is 16.4. The molecule has 0 aromatic heterocycles. The molecule has 3 rings (SSSR count). The van der Waals surface area contributed by atoms with Gasteiger partial charge >= 0.3 is 0 Å². The Morgan fingerprint density at radius 1 is 0.535 bits per heavy atom. The van der Waals surface area contributed by atoms with E-state index >= 15 is 0 Å². The molecule has 242 valence electrons. The minimum atomic E-state index is 0.138. The monoisotopic (exact) mass is 605 g/mol. The Morgan fingerprint density at radius 3 is 1.51 bits per heavy atom. The summed E-state index contributed by atoms with van der Waals surface area (Å²) in [5.41, 5.74) is 13.8. The zero-order valence-corrected chi connectivity index (χ0v) is 30.7. The molecular weight excluding hydrogens is 535 g/mol. The average molecular weight is 605 g/mol. The molecule has 1 heteroatoms. The molecule has 0 N–H and O–H groups in total. The number of hydrogen-bond donors (Lipinski definition) is 0. The minimum absolute atomic E-state index is 0.138. The van der Waals surface area contributed by atoms with E-state index in [1.54, 1.807) is 44.5 Å². The second-order valence-electron chi connectivity index (χ2n) is 14.0. The van der Waals surface area contributed by atoms with Gasteiger partial charge in [-0.2, -0.15) is 0 Å². The molecule has 3 atom stereocenters. The van der Waals surface area contributed by atoms with Crippen LogP contribution in [0.1, 0.15) is 195 Å². The van der Waals surface area contributed by atoms with Crippen LogP contribution in [-0.2, 0) is 43.7 Å². The fourth-order valence-corrected chi connectivity index (χ4v) is 8.86. The summed E-state index contributed by atoms with van der Waals surface area (Å²) in [5.74, 6) is 0.597. The lowest BCUT2D eigenvalue weighted by Crippen LogP contribution is -2.33. The zero-order chi connectivity index (χ0) is 31.1. The Bertz CT molecular complexity index is 1080. The molecule has 3 unspecified atom stereocenters. The standard InChI is InChI=1S/C42H69P/c1-7-13-21-33-28-30-39(37(25-17-11-5)35(33)23-15-9-3)40-27-19-20-32-42(40,43)41-31-29-34(22-14-8-2)36(24-16-10-4)38(41)26-18-12-6/h28-31,40H,7-27,32,43H2,1-6H3. The van der Waals surface area contributed by atoms with Crippen LogP contribution in [0.15, 0.2) is 24.3 Å². The van der Waals surface area contributed by atoms with Crippen LogP contribution in [0.2, 0.25) is 0 Å². The Hall–Kier alpha value is -1.13. The molecule has 2 aromatic carbocycles. The highest BCUT2D eigenvalue weighted by molar-refractivity contribution is 7.18. The smallest absolute Gasteiger partial charge is 0.0169 e. The molecule has 1 fully saturated rings. The first-order chi connectivity index (χ1) is 21.0. The Morgan fingerprint density at radius 2 is 0.977 bits per heavy atom. The summed E-state index contributed by atoms with van der Waals surface area (Å²) in [6, 6.07) is 10.4. The maximum absolute atomic E-state index is 3.58. The Balaban J connectivity index is 2.23. The van der Waals surface area contributed by atoms with Crippen molar-refractivity contribution in [3.8, 4) is 0 Å². The average Bonchev–Trinajstić information content (AvgIpc) is 3.02. The normalized spacial score (nSPS) is 18.8. The van der Waals surface area contributed by atoms with E-state index in [9.17, 15) is 0 Å². The molecule has 0 radical (unpaired) electrons. The lowest BCUT2D eigenvalue weighted by atomic mass is 9.67. The Labute approximate surface area is 271 Å². The van der Waals surface area contributed by atoms with Crippen LogP contribution in [-0.4, -0.2) is 0 Å². The largest absolute Gasteiger partial charge is 0.126 e. The van der Waals surface area contributed by atoms with Crippen LogP contribution in [0.3, 0.4) is 0 Å². The van der Waals surface area contributed by atoms with Gasteiger partial charge in [-0.25, -0.2) is 0 Å². The predicted molar refractivity (Wildman–Crippen MR) is 197 cm³/mol. The highest BCUT2D eigenvalue weighted by atomic mass is 31.0. The van der Waals surface area contributed by atoms with Gasteiger partial charge in [0.2, 0.25) is 0 Å². The van der Waals surface area contributed by atoms with Gasteiger partial charge in [-0.3, -0.25) is 0 Å². The molecule has 43 heavy (non-hydrogen) atoms. The van der Waals surface area contributed by atoms with E-state index in [1.807, 2.05) is 0 Å². The van der Waals surface area contributed by atoms with Gasteiger partial charge in [0.1, 0.15) is 0 Å². The third kappa shape index (κ3) is 9.44. The van der Waals surface area contributed by atoms with E-state index in [0.717, 1.165) is 0 Å². The molecule has 0 bridgehead atoms. The first-order valence-electron chi connectivity index (χ1n) is 19.1. The van der Waals surface area contributed by atoms with Crippen LogP contribution in [0.25, 0.3) is 0 Å². The SMILES string of the molecule is CCCCc1ccc(C2CCCCC2(P)c2ccc(CCCC)c(CCCC)c2CCCC)c(CCCC)c1CCCC. The second kappa shape index (κ2) is 19.4. The molecule has 0 aliphatic heterocycles. The topological polar surface area (TPSA) is 0 Å². The number of rotatable bonds is 20. The summed E-state index contributed by atoms with van der Waals surface area (Å²) in [7, 11) is 3.58. The lowest BCUT2D eigenvalue weighted by molar-refractivity contribution is 0.346. The number of unbranched alkanes of at least 4 members (excludes halogenated alkanes) is 6. The van der Waals surface area contributed by atoms with Gasteiger partial charge in [-0.1, -0.05) is 117 Å². The fraction of sp³-hybridized carbons (Fsp3) is 0.714. The van der Waals surface area contributed by atoms with Crippen molar-refractivity contribution in [1.29, 1.82) is 0 Å². The summed E-state index contributed by atoms with van der Waals surface area (Å²) >= 11 is 0. The van der Waals surface area contributed by atoms with Crippen molar-refractivity contribution in [1.82, 2.24) is 0 Å². The summed E-state index contributed by atoms with van der Waals surface area (Å²) in [4.78, 5) is 0. The van der Waals surface area contributed by atoms with E-state index in [1.165, 1.54) is 141 Å². The molecule has 1 saturated carbocycles. The van der Waals surface area contributed by atoms with Gasteiger partial charge in [0.05, 0.1) is 0 Å². The van der Waals surface area contributed by atoms with E-state index in [-0.39, 0.29) is 5.16 Å². The van der Waals surface area contributed by atoms with Crippen molar-refractivity contribution in [2.45, 2.75) is 194 Å².